The van der Waals surface area contributed by atoms with Gasteiger partial charge in [0.15, 0.2) is 0 Å². The third-order valence-electron chi connectivity index (χ3n) is 7.95. The van der Waals surface area contributed by atoms with Crippen LogP contribution in [-0.4, -0.2) is 12.1 Å². The maximum atomic E-state index is 3.75. The van der Waals surface area contributed by atoms with Crippen molar-refractivity contribution >= 4 is 0 Å². The fourth-order valence-corrected chi connectivity index (χ4v) is 5.77. The van der Waals surface area contributed by atoms with Crippen LogP contribution in [0.4, 0.5) is 0 Å². The van der Waals surface area contributed by atoms with E-state index in [1.54, 1.807) is 16.7 Å². The average Bonchev–Trinajstić information content (AvgIpc) is 3.67. The Morgan fingerprint density at radius 1 is 0.933 bits per heavy atom. The number of hydrogen-bond acceptors (Lipinski definition) is 1. The molecule has 0 spiro atoms. The highest BCUT2D eigenvalue weighted by Crippen LogP contribution is 2.53. The summed E-state index contributed by atoms with van der Waals surface area (Å²) in [4.78, 5) is 0. The fourth-order valence-electron chi connectivity index (χ4n) is 5.77. The number of hydrogen-bond donors (Lipinski definition) is 1. The Hall–Kier alpha value is -1.86. The van der Waals surface area contributed by atoms with E-state index in [0.29, 0.717) is 12.1 Å². The van der Waals surface area contributed by atoms with Gasteiger partial charge in [-0.25, -0.2) is 0 Å². The molecule has 0 radical (unpaired) electrons. The van der Waals surface area contributed by atoms with Crippen LogP contribution in [0.5, 0.6) is 0 Å². The Labute approximate surface area is 183 Å². The molecule has 5 rings (SSSR count). The van der Waals surface area contributed by atoms with E-state index in [1.807, 2.05) is 0 Å². The van der Waals surface area contributed by atoms with Crippen molar-refractivity contribution in [2.75, 3.05) is 0 Å². The highest BCUT2D eigenvalue weighted by Gasteiger charge is 2.44. The maximum absolute atomic E-state index is 3.75. The first-order chi connectivity index (χ1) is 14.7. The highest BCUT2D eigenvalue weighted by molar-refractivity contribution is 5.35. The molecular weight excluding hydrogens is 362 g/mol. The Morgan fingerprint density at radius 3 is 2.33 bits per heavy atom. The summed E-state index contributed by atoms with van der Waals surface area (Å²) in [6, 6.07) is 20.2. The Bertz CT molecular complexity index is 870. The standard InChI is InChI=1S/C29H37N/c1-3-22(18-29-28(30-29)17-12-21-10-8-20(2)9-11-21)26-19-27(26)25-15-13-24(14-16-25)23-6-4-5-7-23/h3,8-11,13-16,23,26-30H,4-7,12,17-19H2,1-2H3. The van der Waals surface area contributed by atoms with Gasteiger partial charge in [-0.05, 0) is 86.8 Å². The van der Waals surface area contributed by atoms with E-state index in [9.17, 15) is 0 Å². The minimum absolute atomic E-state index is 0.702. The van der Waals surface area contributed by atoms with Crippen molar-refractivity contribution in [2.24, 2.45) is 5.92 Å². The van der Waals surface area contributed by atoms with Gasteiger partial charge in [-0.15, -0.1) is 0 Å². The molecule has 1 heteroatoms. The van der Waals surface area contributed by atoms with Crippen LogP contribution in [0.2, 0.25) is 0 Å². The number of nitrogens with one attached hydrogen (secondary N) is 1. The quantitative estimate of drug-likeness (QED) is 0.372. The third kappa shape index (κ3) is 4.57. The first-order valence-electron chi connectivity index (χ1n) is 12.3. The monoisotopic (exact) mass is 399 g/mol. The third-order valence-corrected chi connectivity index (χ3v) is 7.95. The molecule has 2 saturated carbocycles. The Kier molecular flexibility index (Phi) is 5.83. The number of allylic oxidation sites excluding steroid dienone is 1. The predicted molar refractivity (Wildman–Crippen MR) is 127 cm³/mol. The van der Waals surface area contributed by atoms with Gasteiger partial charge in [0.2, 0.25) is 0 Å². The second kappa shape index (κ2) is 8.71. The molecule has 0 amide bonds. The van der Waals surface area contributed by atoms with Gasteiger partial charge in [-0.1, -0.05) is 78.6 Å². The van der Waals surface area contributed by atoms with E-state index in [4.69, 9.17) is 0 Å². The molecular formula is C29H37N. The SMILES string of the molecule is CC=C(CC1NC1CCc1ccc(C)cc1)C1CC1c1ccc(C2CCCC2)cc1. The average molecular weight is 400 g/mol. The Balaban J connectivity index is 1.10. The van der Waals surface area contributed by atoms with Crippen LogP contribution in [-0.2, 0) is 6.42 Å². The van der Waals surface area contributed by atoms with Gasteiger partial charge in [0.25, 0.3) is 0 Å². The number of rotatable bonds is 8. The molecule has 3 fully saturated rings. The lowest BCUT2D eigenvalue weighted by Crippen LogP contribution is -2.01. The topological polar surface area (TPSA) is 21.9 Å². The summed E-state index contributed by atoms with van der Waals surface area (Å²) in [6.45, 7) is 4.41. The lowest BCUT2D eigenvalue weighted by molar-refractivity contribution is 0.722. The molecule has 3 aliphatic rings. The second-order valence-corrected chi connectivity index (χ2v) is 10.1. The van der Waals surface area contributed by atoms with E-state index in [0.717, 1.165) is 17.8 Å². The molecule has 4 atom stereocenters. The van der Waals surface area contributed by atoms with Crippen molar-refractivity contribution in [2.45, 2.75) is 89.1 Å². The zero-order valence-electron chi connectivity index (χ0n) is 18.7. The fraction of sp³-hybridized carbons (Fsp3) is 0.517. The zero-order valence-corrected chi connectivity index (χ0v) is 18.7. The van der Waals surface area contributed by atoms with Crippen molar-refractivity contribution < 1.29 is 0 Å². The maximum Gasteiger partial charge on any atom is 0.0261 e. The van der Waals surface area contributed by atoms with Crippen LogP contribution < -0.4 is 5.32 Å². The summed E-state index contributed by atoms with van der Waals surface area (Å²) in [6.07, 6.45) is 13.1. The van der Waals surface area contributed by atoms with Crippen LogP contribution >= 0.6 is 0 Å². The van der Waals surface area contributed by atoms with Crippen LogP contribution in [0.1, 0.15) is 86.0 Å². The molecule has 1 nitrogen and oxygen atoms in total. The molecule has 158 valence electrons. The molecule has 4 unspecified atom stereocenters. The van der Waals surface area contributed by atoms with Gasteiger partial charge in [0, 0.05) is 12.1 Å². The lowest BCUT2D eigenvalue weighted by Gasteiger charge is -2.11. The summed E-state index contributed by atoms with van der Waals surface area (Å²) >= 11 is 0. The van der Waals surface area contributed by atoms with Gasteiger partial charge >= 0.3 is 0 Å². The van der Waals surface area contributed by atoms with Crippen molar-refractivity contribution in [1.82, 2.24) is 5.32 Å². The van der Waals surface area contributed by atoms with Gasteiger partial charge in [0.05, 0.1) is 0 Å². The zero-order chi connectivity index (χ0) is 20.5. The largest absolute Gasteiger partial charge is 0.308 e. The lowest BCUT2D eigenvalue weighted by atomic mass is 9.94. The number of benzene rings is 2. The summed E-state index contributed by atoms with van der Waals surface area (Å²) in [5, 5.41) is 3.75. The second-order valence-electron chi connectivity index (χ2n) is 10.1. The molecule has 1 saturated heterocycles. The minimum atomic E-state index is 0.702. The molecule has 2 aromatic carbocycles. The summed E-state index contributed by atoms with van der Waals surface area (Å²) in [5.41, 5.74) is 7.67. The smallest absolute Gasteiger partial charge is 0.0261 e. The summed E-state index contributed by atoms with van der Waals surface area (Å²) in [5.74, 6) is 2.38. The summed E-state index contributed by atoms with van der Waals surface area (Å²) in [7, 11) is 0. The van der Waals surface area contributed by atoms with Crippen molar-refractivity contribution in [3.05, 3.63) is 82.4 Å². The van der Waals surface area contributed by atoms with E-state index in [2.05, 4.69) is 73.8 Å². The first-order valence-corrected chi connectivity index (χ1v) is 12.3. The molecule has 30 heavy (non-hydrogen) atoms. The van der Waals surface area contributed by atoms with Gasteiger partial charge in [0.1, 0.15) is 0 Å². The van der Waals surface area contributed by atoms with Crippen LogP contribution in [0, 0.1) is 12.8 Å². The van der Waals surface area contributed by atoms with E-state index < -0.39 is 0 Å². The van der Waals surface area contributed by atoms with Crippen LogP contribution in [0.25, 0.3) is 0 Å². The molecule has 1 aliphatic heterocycles. The van der Waals surface area contributed by atoms with Crippen molar-refractivity contribution in [3.8, 4) is 0 Å². The molecule has 2 aromatic rings. The molecule has 2 aliphatic carbocycles. The van der Waals surface area contributed by atoms with Crippen molar-refractivity contribution in [3.63, 3.8) is 0 Å². The van der Waals surface area contributed by atoms with E-state index in [-0.39, 0.29) is 0 Å². The van der Waals surface area contributed by atoms with Gasteiger partial charge < -0.3 is 5.32 Å². The molecule has 0 aromatic heterocycles. The van der Waals surface area contributed by atoms with E-state index >= 15 is 0 Å². The normalized spacial score (nSPS) is 28.7. The highest BCUT2D eigenvalue weighted by atomic mass is 15.1. The van der Waals surface area contributed by atoms with Gasteiger partial charge in [-0.3, -0.25) is 0 Å². The predicted octanol–water partition coefficient (Wildman–Crippen LogP) is 7.07. The molecule has 1 N–H and O–H groups in total. The summed E-state index contributed by atoms with van der Waals surface area (Å²) < 4.78 is 0. The van der Waals surface area contributed by atoms with Crippen LogP contribution in [0.3, 0.4) is 0 Å². The number of aryl methyl sites for hydroxylation is 2. The molecule has 0 bridgehead atoms. The first kappa shape index (κ1) is 20.1. The van der Waals surface area contributed by atoms with Gasteiger partial charge in [-0.2, -0.15) is 0 Å². The van der Waals surface area contributed by atoms with Crippen LogP contribution in [0.15, 0.2) is 60.2 Å². The Morgan fingerprint density at radius 2 is 1.63 bits per heavy atom. The van der Waals surface area contributed by atoms with Crippen molar-refractivity contribution in [1.29, 1.82) is 0 Å². The van der Waals surface area contributed by atoms with E-state index in [1.165, 1.54) is 62.5 Å². The molecule has 1 heterocycles. The minimum Gasteiger partial charge on any atom is -0.308 e.